The van der Waals surface area contributed by atoms with Crippen molar-refractivity contribution >= 4 is 11.3 Å². The molecule has 0 atom stereocenters. The van der Waals surface area contributed by atoms with Gasteiger partial charge in [-0.15, -0.1) is 11.3 Å². The average Bonchev–Trinajstić information content (AvgIpc) is 2.99. The van der Waals surface area contributed by atoms with Gasteiger partial charge in [-0.25, -0.2) is 4.98 Å². The fourth-order valence-corrected chi connectivity index (χ4v) is 2.81. The minimum atomic E-state index is 0.140. The van der Waals surface area contributed by atoms with E-state index in [2.05, 4.69) is 48.3 Å². The van der Waals surface area contributed by atoms with Crippen molar-refractivity contribution in [2.75, 3.05) is 0 Å². The van der Waals surface area contributed by atoms with Crippen molar-refractivity contribution in [2.24, 2.45) is 0 Å². The van der Waals surface area contributed by atoms with E-state index in [9.17, 15) is 0 Å². The molecule has 2 aromatic heterocycles. The number of hydrogen-bond donors (Lipinski definition) is 1. The van der Waals surface area contributed by atoms with Gasteiger partial charge in [-0.2, -0.15) is 5.10 Å². The van der Waals surface area contributed by atoms with Crippen molar-refractivity contribution in [2.45, 2.75) is 51.4 Å². The minimum absolute atomic E-state index is 0.140. The van der Waals surface area contributed by atoms with Gasteiger partial charge in [-0.1, -0.05) is 27.7 Å². The highest BCUT2D eigenvalue weighted by Gasteiger charge is 2.28. The van der Waals surface area contributed by atoms with Crippen LogP contribution in [-0.4, -0.2) is 15.2 Å². The number of H-pyrrole nitrogens is 1. The van der Waals surface area contributed by atoms with Crippen LogP contribution >= 0.6 is 11.3 Å². The molecule has 98 valence electrons. The largest absolute Gasteiger partial charge is 0.285 e. The molecule has 0 bridgehead atoms. The lowest BCUT2D eigenvalue weighted by molar-refractivity contribution is 0.370. The molecule has 0 aliphatic carbocycles. The zero-order valence-corrected chi connectivity index (χ0v) is 12.3. The predicted molar refractivity (Wildman–Crippen MR) is 76.0 cm³/mol. The lowest BCUT2D eigenvalue weighted by atomic mass is 9.75. The van der Waals surface area contributed by atoms with Gasteiger partial charge in [0, 0.05) is 17.0 Å². The molecule has 4 heteroatoms. The van der Waals surface area contributed by atoms with E-state index in [0.717, 1.165) is 12.8 Å². The van der Waals surface area contributed by atoms with E-state index in [1.54, 1.807) is 11.3 Å². The van der Waals surface area contributed by atoms with Crippen LogP contribution in [0.5, 0.6) is 0 Å². The van der Waals surface area contributed by atoms with Crippen LogP contribution in [0.15, 0.2) is 23.3 Å². The van der Waals surface area contributed by atoms with Crippen LogP contribution < -0.4 is 0 Å². The zero-order valence-electron chi connectivity index (χ0n) is 11.5. The summed E-state index contributed by atoms with van der Waals surface area (Å²) in [5, 5.41) is 9.10. The standard InChI is InChI=1S/C14H21N3S/c1-13(2,11-7-16-17-8-11)5-6-14(3,4)12-9-18-10-15-12/h7-10H,5-6H2,1-4H3,(H,16,17). The summed E-state index contributed by atoms with van der Waals surface area (Å²) in [6, 6.07) is 0. The zero-order chi connectivity index (χ0) is 13.2. The molecular weight excluding hydrogens is 242 g/mol. The van der Waals surface area contributed by atoms with Crippen LogP contribution in [0.4, 0.5) is 0 Å². The van der Waals surface area contributed by atoms with E-state index in [4.69, 9.17) is 0 Å². The summed E-state index contributed by atoms with van der Waals surface area (Å²) in [5.41, 5.74) is 4.69. The van der Waals surface area contributed by atoms with Crippen LogP contribution in [0, 0.1) is 0 Å². The average molecular weight is 263 g/mol. The van der Waals surface area contributed by atoms with E-state index in [1.807, 2.05) is 17.9 Å². The molecule has 3 nitrogen and oxygen atoms in total. The first-order chi connectivity index (χ1) is 8.42. The second kappa shape index (κ2) is 4.84. The van der Waals surface area contributed by atoms with Gasteiger partial charge >= 0.3 is 0 Å². The quantitative estimate of drug-likeness (QED) is 0.888. The summed E-state index contributed by atoms with van der Waals surface area (Å²) in [6.45, 7) is 9.09. The minimum Gasteiger partial charge on any atom is -0.285 e. The third-order valence-corrected chi connectivity index (χ3v) is 4.37. The van der Waals surface area contributed by atoms with Gasteiger partial charge < -0.3 is 0 Å². The summed E-state index contributed by atoms with van der Waals surface area (Å²) in [6.07, 6.45) is 6.16. The summed E-state index contributed by atoms with van der Waals surface area (Å²) >= 11 is 1.67. The van der Waals surface area contributed by atoms with Gasteiger partial charge in [-0.3, -0.25) is 5.10 Å². The lowest BCUT2D eigenvalue weighted by Crippen LogP contribution is -2.24. The van der Waals surface area contributed by atoms with Crippen molar-refractivity contribution < 1.29 is 0 Å². The SMILES string of the molecule is CC(C)(CCC(C)(C)c1cscn1)c1cn[nH]c1. The monoisotopic (exact) mass is 263 g/mol. The molecule has 2 rings (SSSR count). The van der Waals surface area contributed by atoms with Gasteiger partial charge in [0.25, 0.3) is 0 Å². The molecule has 0 unspecified atom stereocenters. The Bertz CT molecular complexity index is 423. The van der Waals surface area contributed by atoms with Gasteiger partial charge in [0.15, 0.2) is 0 Å². The van der Waals surface area contributed by atoms with Crippen molar-refractivity contribution in [1.82, 2.24) is 15.2 Å². The van der Waals surface area contributed by atoms with E-state index in [0.29, 0.717) is 0 Å². The first-order valence-corrected chi connectivity index (χ1v) is 7.24. The first-order valence-electron chi connectivity index (χ1n) is 6.30. The van der Waals surface area contributed by atoms with Crippen LogP contribution in [0.2, 0.25) is 0 Å². The highest BCUT2D eigenvalue weighted by atomic mass is 32.1. The third-order valence-electron chi connectivity index (χ3n) is 3.78. The first kappa shape index (κ1) is 13.3. The van der Waals surface area contributed by atoms with Gasteiger partial charge in [0.2, 0.25) is 0 Å². The second-order valence-corrected chi connectivity index (χ2v) is 6.85. The van der Waals surface area contributed by atoms with E-state index < -0.39 is 0 Å². The Morgan fingerprint density at radius 1 is 1.17 bits per heavy atom. The Balaban J connectivity index is 2.03. The second-order valence-electron chi connectivity index (χ2n) is 6.13. The molecule has 0 saturated carbocycles. The molecule has 0 amide bonds. The Hall–Kier alpha value is -1.16. The molecular formula is C14H21N3S. The van der Waals surface area contributed by atoms with E-state index in [-0.39, 0.29) is 10.8 Å². The molecule has 1 N–H and O–H groups in total. The normalized spacial score (nSPS) is 12.9. The van der Waals surface area contributed by atoms with Crippen molar-refractivity contribution in [3.05, 3.63) is 34.5 Å². The molecule has 0 aliphatic heterocycles. The van der Waals surface area contributed by atoms with Crippen LogP contribution in [-0.2, 0) is 10.8 Å². The van der Waals surface area contributed by atoms with Gasteiger partial charge in [0.05, 0.1) is 17.4 Å². The number of thiazole rings is 1. The number of aromatic nitrogens is 3. The molecule has 0 spiro atoms. The maximum Gasteiger partial charge on any atom is 0.0794 e. The maximum atomic E-state index is 4.45. The van der Waals surface area contributed by atoms with E-state index in [1.165, 1.54) is 11.3 Å². The fraction of sp³-hybridized carbons (Fsp3) is 0.571. The number of hydrogen-bond acceptors (Lipinski definition) is 3. The molecule has 0 saturated heterocycles. The summed E-state index contributed by atoms with van der Waals surface area (Å²) in [5.74, 6) is 0. The van der Waals surface area contributed by atoms with Crippen LogP contribution in [0.25, 0.3) is 0 Å². The van der Waals surface area contributed by atoms with Gasteiger partial charge in [0.1, 0.15) is 0 Å². The molecule has 0 fully saturated rings. The molecule has 0 aromatic carbocycles. The Kier molecular flexibility index (Phi) is 3.57. The number of rotatable bonds is 5. The molecule has 0 aliphatic rings. The lowest BCUT2D eigenvalue weighted by Gasteiger charge is -2.29. The Morgan fingerprint density at radius 2 is 1.89 bits per heavy atom. The molecule has 2 heterocycles. The predicted octanol–water partition coefficient (Wildman–Crippen LogP) is 3.90. The van der Waals surface area contributed by atoms with Gasteiger partial charge in [-0.05, 0) is 23.8 Å². The van der Waals surface area contributed by atoms with E-state index >= 15 is 0 Å². The number of aromatic amines is 1. The fourth-order valence-electron chi connectivity index (χ4n) is 2.07. The van der Waals surface area contributed by atoms with Crippen molar-refractivity contribution in [3.63, 3.8) is 0 Å². The topological polar surface area (TPSA) is 41.6 Å². The molecule has 18 heavy (non-hydrogen) atoms. The third kappa shape index (κ3) is 2.80. The number of nitrogens with one attached hydrogen (secondary N) is 1. The summed E-state index contributed by atoms with van der Waals surface area (Å²) in [4.78, 5) is 4.45. The number of nitrogens with zero attached hydrogens (tertiary/aromatic N) is 2. The highest BCUT2D eigenvalue weighted by molar-refractivity contribution is 7.07. The highest BCUT2D eigenvalue weighted by Crippen LogP contribution is 2.35. The van der Waals surface area contributed by atoms with Crippen LogP contribution in [0.1, 0.15) is 51.8 Å². The van der Waals surface area contributed by atoms with Crippen molar-refractivity contribution in [3.8, 4) is 0 Å². The summed E-state index contributed by atoms with van der Waals surface area (Å²) in [7, 11) is 0. The maximum absolute atomic E-state index is 4.45. The van der Waals surface area contributed by atoms with Crippen LogP contribution in [0.3, 0.4) is 0 Å². The molecule has 2 aromatic rings. The Labute approximate surface area is 113 Å². The van der Waals surface area contributed by atoms with Crippen molar-refractivity contribution in [1.29, 1.82) is 0 Å². The summed E-state index contributed by atoms with van der Waals surface area (Å²) < 4.78 is 0. The molecule has 0 radical (unpaired) electrons. The smallest absolute Gasteiger partial charge is 0.0794 e. The Morgan fingerprint density at radius 3 is 2.44 bits per heavy atom.